The summed E-state index contributed by atoms with van der Waals surface area (Å²) in [6.45, 7) is 0.480. The molecule has 94 valence electrons. The molecule has 4 heteroatoms. The Kier molecular flexibility index (Phi) is 4.25. The Morgan fingerprint density at radius 3 is 2.78 bits per heavy atom. The Morgan fingerprint density at radius 1 is 1.33 bits per heavy atom. The number of hydrogen-bond acceptors (Lipinski definition) is 3. The van der Waals surface area contributed by atoms with Crippen molar-refractivity contribution >= 4 is 6.29 Å². The van der Waals surface area contributed by atoms with E-state index in [0.717, 1.165) is 23.4 Å². The Morgan fingerprint density at radius 2 is 2.11 bits per heavy atom. The first-order valence-electron chi connectivity index (χ1n) is 5.91. The summed E-state index contributed by atoms with van der Waals surface area (Å²) in [6.07, 6.45) is 2.12. The van der Waals surface area contributed by atoms with Gasteiger partial charge in [-0.2, -0.15) is 5.10 Å². The number of benzene rings is 1. The van der Waals surface area contributed by atoms with Crippen molar-refractivity contribution < 1.29 is 9.53 Å². The molecule has 18 heavy (non-hydrogen) atoms. The molecule has 0 saturated heterocycles. The standard InChI is InChI=1S/C14H16N2O2/c1-18-11-12-10-14(8-5-9-17)16(15-12)13-6-3-2-4-7-13/h2-4,6-7,9-10H,5,8,11H2,1H3. The van der Waals surface area contributed by atoms with E-state index in [2.05, 4.69) is 5.10 Å². The maximum absolute atomic E-state index is 10.5. The molecule has 1 heterocycles. The fraction of sp³-hybridized carbons (Fsp3) is 0.286. The molecule has 0 fully saturated rings. The Hall–Kier alpha value is -1.94. The van der Waals surface area contributed by atoms with Gasteiger partial charge >= 0.3 is 0 Å². The molecule has 2 aromatic rings. The van der Waals surface area contributed by atoms with Crippen LogP contribution in [0.25, 0.3) is 5.69 Å². The first-order chi connectivity index (χ1) is 8.85. The molecule has 0 bridgehead atoms. The fourth-order valence-electron chi connectivity index (χ4n) is 1.87. The molecule has 0 unspecified atom stereocenters. The van der Waals surface area contributed by atoms with Crippen LogP contribution >= 0.6 is 0 Å². The molecule has 0 aliphatic heterocycles. The Bertz CT molecular complexity index is 506. The lowest BCUT2D eigenvalue weighted by atomic mass is 10.2. The van der Waals surface area contributed by atoms with Gasteiger partial charge in [0.15, 0.2) is 0 Å². The summed E-state index contributed by atoms with van der Waals surface area (Å²) < 4.78 is 6.96. The number of aryl methyl sites for hydroxylation is 1. The fourth-order valence-corrected chi connectivity index (χ4v) is 1.87. The topological polar surface area (TPSA) is 44.1 Å². The number of methoxy groups -OCH3 is 1. The molecule has 1 aromatic heterocycles. The number of nitrogens with zero attached hydrogens (tertiary/aromatic N) is 2. The van der Waals surface area contributed by atoms with Gasteiger partial charge in [0.2, 0.25) is 0 Å². The van der Waals surface area contributed by atoms with Crippen molar-refractivity contribution in [3.63, 3.8) is 0 Å². The van der Waals surface area contributed by atoms with Crippen molar-refractivity contribution in [2.45, 2.75) is 19.4 Å². The lowest BCUT2D eigenvalue weighted by Crippen LogP contribution is -2.02. The summed E-state index contributed by atoms with van der Waals surface area (Å²) in [5.41, 5.74) is 2.91. The lowest BCUT2D eigenvalue weighted by molar-refractivity contribution is -0.107. The van der Waals surface area contributed by atoms with Crippen LogP contribution in [0.5, 0.6) is 0 Å². The lowest BCUT2D eigenvalue weighted by Gasteiger charge is -2.05. The van der Waals surface area contributed by atoms with Gasteiger partial charge < -0.3 is 9.53 Å². The monoisotopic (exact) mass is 244 g/mol. The van der Waals surface area contributed by atoms with Crippen molar-refractivity contribution in [2.75, 3.05) is 7.11 Å². The summed E-state index contributed by atoms with van der Waals surface area (Å²) in [6, 6.07) is 11.9. The van der Waals surface area contributed by atoms with Crippen LogP contribution in [-0.2, 0) is 22.6 Å². The van der Waals surface area contributed by atoms with E-state index in [1.807, 2.05) is 41.1 Å². The number of carbonyl (C=O) groups excluding carboxylic acids is 1. The van der Waals surface area contributed by atoms with E-state index in [1.165, 1.54) is 0 Å². The summed E-state index contributed by atoms with van der Waals surface area (Å²) in [5.74, 6) is 0. The average molecular weight is 244 g/mol. The number of hydrogen-bond donors (Lipinski definition) is 0. The third kappa shape index (κ3) is 2.84. The predicted molar refractivity (Wildman–Crippen MR) is 68.7 cm³/mol. The van der Waals surface area contributed by atoms with Gasteiger partial charge in [-0.15, -0.1) is 0 Å². The van der Waals surface area contributed by atoms with Gasteiger partial charge in [-0.3, -0.25) is 0 Å². The van der Waals surface area contributed by atoms with Gasteiger partial charge in [0, 0.05) is 19.2 Å². The summed E-state index contributed by atoms with van der Waals surface area (Å²) >= 11 is 0. The van der Waals surface area contributed by atoms with Crippen LogP contribution in [0.3, 0.4) is 0 Å². The highest BCUT2D eigenvalue weighted by Crippen LogP contribution is 2.14. The quantitative estimate of drug-likeness (QED) is 0.731. The number of aromatic nitrogens is 2. The molecule has 0 aliphatic rings. The first-order valence-corrected chi connectivity index (χ1v) is 5.91. The summed E-state index contributed by atoms with van der Waals surface area (Å²) in [7, 11) is 1.65. The summed E-state index contributed by atoms with van der Waals surface area (Å²) in [4.78, 5) is 10.5. The number of rotatable bonds is 6. The highest BCUT2D eigenvalue weighted by atomic mass is 16.5. The van der Waals surface area contributed by atoms with E-state index in [1.54, 1.807) is 7.11 Å². The number of aldehydes is 1. The van der Waals surface area contributed by atoms with E-state index in [0.29, 0.717) is 19.4 Å². The third-order valence-electron chi connectivity index (χ3n) is 2.65. The zero-order chi connectivity index (χ0) is 12.8. The van der Waals surface area contributed by atoms with Crippen LogP contribution < -0.4 is 0 Å². The molecule has 0 radical (unpaired) electrons. The van der Waals surface area contributed by atoms with Crippen molar-refractivity contribution in [2.24, 2.45) is 0 Å². The minimum Gasteiger partial charge on any atom is -0.378 e. The van der Waals surface area contributed by atoms with Crippen LogP contribution in [0, 0.1) is 0 Å². The molecule has 0 spiro atoms. The van der Waals surface area contributed by atoms with Gasteiger partial charge in [-0.05, 0) is 24.6 Å². The highest BCUT2D eigenvalue weighted by molar-refractivity contribution is 5.50. The van der Waals surface area contributed by atoms with E-state index in [9.17, 15) is 4.79 Å². The second-order valence-corrected chi connectivity index (χ2v) is 4.01. The van der Waals surface area contributed by atoms with E-state index >= 15 is 0 Å². The highest BCUT2D eigenvalue weighted by Gasteiger charge is 2.09. The van der Waals surface area contributed by atoms with Crippen molar-refractivity contribution in [3.8, 4) is 5.69 Å². The van der Waals surface area contributed by atoms with E-state index in [4.69, 9.17) is 4.74 Å². The van der Waals surface area contributed by atoms with Gasteiger partial charge in [-0.25, -0.2) is 4.68 Å². The SMILES string of the molecule is COCc1cc(CCC=O)n(-c2ccccc2)n1. The van der Waals surface area contributed by atoms with Crippen molar-refractivity contribution in [1.82, 2.24) is 9.78 Å². The number of ether oxygens (including phenoxy) is 1. The molecule has 2 rings (SSSR count). The zero-order valence-electron chi connectivity index (χ0n) is 10.4. The van der Waals surface area contributed by atoms with E-state index in [-0.39, 0.29) is 0 Å². The normalized spacial score (nSPS) is 10.5. The van der Waals surface area contributed by atoms with Crippen LogP contribution in [0.15, 0.2) is 36.4 Å². The summed E-state index contributed by atoms with van der Waals surface area (Å²) in [5, 5.41) is 4.50. The van der Waals surface area contributed by atoms with Gasteiger partial charge in [-0.1, -0.05) is 18.2 Å². The first kappa shape index (κ1) is 12.5. The zero-order valence-corrected chi connectivity index (χ0v) is 10.4. The molecule has 0 atom stereocenters. The molecule has 1 aromatic carbocycles. The minimum atomic E-state index is 0.480. The molecule has 0 aliphatic carbocycles. The van der Waals surface area contributed by atoms with Crippen molar-refractivity contribution in [1.29, 1.82) is 0 Å². The van der Waals surface area contributed by atoms with Gasteiger partial charge in [0.25, 0.3) is 0 Å². The molecule has 4 nitrogen and oxygen atoms in total. The Labute approximate surface area is 106 Å². The van der Waals surface area contributed by atoms with Crippen LogP contribution in [0.4, 0.5) is 0 Å². The smallest absolute Gasteiger partial charge is 0.120 e. The molecule has 0 N–H and O–H groups in total. The average Bonchev–Trinajstić information content (AvgIpc) is 2.81. The maximum atomic E-state index is 10.5. The molecule has 0 amide bonds. The van der Waals surface area contributed by atoms with Crippen LogP contribution in [-0.4, -0.2) is 23.2 Å². The van der Waals surface area contributed by atoms with E-state index < -0.39 is 0 Å². The Balaban J connectivity index is 2.34. The second-order valence-electron chi connectivity index (χ2n) is 4.01. The maximum Gasteiger partial charge on any atom is 0.120 e. The number of para-hydroxylation sites is 1. The minimum absolute atomic E-state index is 0.480. The number of carbonyl (C=O) groups is 1. The largest absolute Gasteiger partial charge is 0.378 e. The van der Waals surface area contributed by atoms with Crippen LogP contribution in [0.2, 0.25) is 0 Å². The predicted octanol–water partition coefficient (Wildman–Crippen LogP) is 2.15. The molecular formula is C14H16N2O2. The van der Waals surface area contributed by atoms with Crippen LogP contribution in [0.1, 0.15) is 17.8 Å². The third-order valence-corrected chi connectivity index (χ3v) is 2.65. The van der Waals surface area contributed by atoms with Crippen molar-refractivity contribution in [3.05, 3.63) is 47.8 Å². The van der Waals surface area contributed by atoms with Gasteiger partial charge in [0.1, 0.15) is 6.29 Å². The van der Waals surface area contributed by atoms with Gasteiger partial charge in [0.05, 0.1) is 18.0 Å². The molecular weight excluding hydrogens is 228 g/mol. The molecule has 0 saturated carbocycles. The second kappa shape index (κ2) is 6.12.